The Morgan fingerprint density at radius 1 is 1.25 bits per heavy atom. The van der Waals surface area contributed by atoms with Gasteiger partial charge >= 0.3 is 0 Å². The molecule has 3 heteroatoms. The first kappa shape index (κ1) is 13.7. The number of benzene rings is 1. The number of hydrogen-bond donors (Lipinski definition) is 0. The maximum absolute atomic E-state index is 5.89. The Morgan fingerprint density at radius 3 is 2.38 bits per heavy atom. The molecule has 2 unspecified atom stereocenters. The molecule has 16 heavy (non-hydrogen) atoms. The highest BCUT2D eigenvalue weighted by Gasteiger charge is 2.14. The van der Waals surface area contributed by atoms with Crippen molar-refractivity contribution in [1.29, 1.82) is 0 Å². The molecule has 1 aromatic carbocycles. The monoisotopic (exact) mass is 286 g/mol. The van der Waals surface area contributed by atoms with Gasteiger partial charge in [-0.25, -0.2) is 0 Å². The van der Waals surface area contributed by atoms with Crippen LogP contribution < -0.4 is 0 Å². The fraction of sp³-hybridized carbons (Fsp3) is 0.538. The Labute approximate surface area is 106 Å². The lowest BCUT2D eigenvalue weighted by molar-refractivity contribution is -0.0298. The van der Waals surface area contributed by atoms with Crippen LogP contribution in [0.4, 0.5) is 0 Å². The third-order valence-corrected chi connectivity index (χ3v) is 2.98. The molecular weight excluding hydrogens is 268 g/mol. The zero-order chi connectivity index (χ0) is 12.0. The van der Waals surface area contributed by atoms with Gasteiger partial charge in [-0.15, -0.1) is 0 Å². The first-order valence-corrected chi connectivity index (χ1v) is 6.56. The van der Waals surface area contributed by atoms with Gasteiger partial charge in [0.15, 0.2) is 0 Å². The molecule has 1 rings (SSSR count). The average Bonchev–Trinajstić information content (AvgIpc) is 2.27. The summed E-state index contributed by atoms with van der Waals surface area (Å²) in [6.07, 6.45) is 0.194. The van der Waals surface area contributed by atoms with Gasteiger partial charge in [0.25, 0.3) is 0 Å². The van der Waals surface area contributed by atoms with Crippen molar-refractivity contribution in [2.75, 3.05) is 19.0 Å². The zero-order valence-corrected chi connectivity index (χ0v) is 11.7. The zero-order valence-electron chi connectivity index (χ0n) is 10.1. The molecule has 2 atom stereocenters. The van der Waals surface area contributed by atoms with E-state index in [9.17, 15) is 0 Å². The predicted molar refractivity (Wildman–Crippen MR) is 70.1 cm³/mol. The van der Waals surface area contributed by atoms with Crippen LogP contribution in [0.25, 0.3) is 0 Å². The summed E-state index contributed by atoms with van der Waals surface area (Å²) >= 11 is 3.48. The number of ether oxygens (including phenoxy) is 2. The van der Waals surface area contributed by atoms with E-state index < -0.39 is 0 Å². The summed E-state index contributed by atoms with van der Waals surface area (Å²) in [6.45, 7) is 4.73. The van der Waals surface area contributed by atoms with Crippen molar-refractivity contribution in [1.82, 2.24) is 0 Å². The standard InChI is InChI=1S/C13H19BrO2/c1-10-4-6-12(7-5-10)13(8-14)16-11(2)9-15-3/h4-7,11,13H,8-9H2,1-3H3. The minimum absolute atomic E-state index is 0.0887. The maximum atomic E-state index is 5.89. The molecule has 0 aliphatic heterocycles. The lowest BCUT2D eigenvalue weighted by atomic mass is 10.1. The molecule has 0 aromatic heterocycles. The number of halogens is 1. The van der Waals surface area contributed by atoms with Crippen LogP contribution in [-0.4, -0.2) is 25.2 Å². The predicted octanol–water partition coefficient (Wildman–Crippen LogP) is 3.48. The van der Waals surface area contributed by atoms with Gasteiger partial charge < -0.3 is 9.47 Å². The molecule has 0 aliphatic carbocycles. The van der Waals surface area contributed by atoms with Gasteiger partial charge in [-0.05, 0) is 19.4 Å². The fourth-order valence-electron chi connectivity index (χ4n) is 1.54. The summed E-state index contributed by atoms with van der Waals surface area (Å²) in [5.74, 6) is 0. The first-order chi connectivity index (χ1) is 7.67. The van der Waals surface area contributed by atoms with Gasteiger partial charge in [-0.3, -0.25) is 0 Å². The molecule has 90 valence electrons. The smallest absolute Gasteiger partial charge is 0.0926 e. The van der Waals surface area contributed by atoms with Crippen LogP contribution in [-0.2, 0) is 9.47 Å². The van der Waals surface area contributed by atoms with Gasteiger partial charge in [0, 0.05) is 12.4 Å². The molecule has 0 N–H and O–H groups in total. The van der Waals surface area contributed by atoms with E-state index in [0.29, 0.717) is 6.61 Å². The van der Waals surface area contributed by atoms with Gasteiger partial charge in [-0.2, -0.15) is 0 Å². The topological polar surface area (TPSA) is 18.5 Å². The first-order valence-electron chi connectivity index (χ1n) is 5.44. The molecule has 2 nitrogen and oxygen atoms in total. The Morgan fingerprint density at radius 2 is 1.88 bits per heavy atom. The quantitative estimate of drug-likeness (QED) is 0.746. The number of methoxy groups -OCH3 is 1. The molecule has 0 amide bonds. The fourth-order valence-corrected chi connectivity index (χ4v) is 2.07. The Balaban J connectivity index is 2.63. The van der Waals surface area contributed by atoms with E-state index in [1.165, 1.54) is 11.1 Å². The molecule has 1 aromatic rings. The van der Waals surface area contributed by atoms with E-state index >= 15 is 0 Å². The summed E-state index contributed by atoms with van der Waals surface area (Å²) in [5, 5.41) is 0.796. The summed E-state index contributed by atoms with van der Waals surface area (Å²) in [4.78, 5) is 0. The number of alkyl halides is 1. The molecule has 0 saturated heterocycles. The minimum Gasteiger partial charge on any atom is -0.382 e. The Bertz CT molecular complexity index is 297. The summed E-state index contributed by atoms with van der Waals surface area (Å²) in [6, 6.07) is 8.44. The van der Waals surface area contributed by atoms with E-state index in [1.807, 2.05) is 6.92 Å². The maximum Gasteiger partial charge on any atom is 0.0926 e. The van der Waals surface area contributed by atoms with Gasteiger partial charge in [0.1, 0.15) is 0 Å². The average molecular weight is 287 g/mol. The van der Waals surface area contributed by atoms with Crippen LogP contribution in [0.3, 0.4) is 0 Å². The lowest BCUT2D eigenvalue weighted by Gasteiger charge is -2.20. The van der Waals surface area contributed by atoms with Crippen molar-refractivity contribution in [2.45, 2.75) is 26.1 Å². The third-order valence-electron chi connectivity index (χ3n) is 2.39. The van der Waals surface area contributed by atoms with Crippen molar-refractivity contribution in [3.63, 3.8) is 0 Å². The number of hydrogen-bond acceptors (Lipinski definition) is 2. The van der Waals surface area contributed by atoms with Crippen molar-refractivity contribution < 1.29 is 9.47 Å². The largest absolute Gasteiger partial charge is 0.382 e. The molecule has 0 radical (unpaired) electrons. The number of rotatable bonds is 6. The summed E-state index contributed by atoms with van der Waals surface area (Å²) in [5.41, 5.74) is 2.47. The van der Waals surface area contributed by atoms with Gasteiger partial charge in [-0.1, -0.05) is 45.8 Å². The van der Waals surface area contributed by atoms with Crippen LogP contribution >= 0.6 is 15.9 Å². The van der Waals surface area contributed by atoms with E-state index in [-0.39, 0.29) is 12.2 Å². The van der Waals surface area contributed by atoms with Crippen molar-refractivity contribution in [3.8, 4) is 0 Å². The van der Waals surface area contributed by atoms with E-state index in [2.05, 4.69) is 47.1 Å². The van der Waals surface area contributed by atoms with E-state index in [4.69, 9.17) is 9.47 Å². The van der Waals surface area contributed by atoms with Crippen LogP contribution in [0.1, 0.15) is 24.2 Å². The normalized spacial score (nSPS) is 14.8. The second kappa shape index (κ2) is 7.05. The summed E-state index contributed by atoms with van der Waals surface area (Å²) < 4.78 is 11.0. The van der Waals surface area contributed by atoms with Gasteiger partial charge in [0.2, 0.25) is 0 Å². The van der Waals surface area contributed by atoms with E-state index in [1.54, 1.807) is 7.11 Å². The van der Waals surface area contributed by atoms with Crippen LogP contribution in [0.2, 0.25) is 0 Å². The van der Waals surface area contributed by atoms with Crippen molar-refractivity contribution >= 4 is 15.9 Å². The highest BCUT2D eigenvalue weighted by Crippen LogP contribution is 2.21. The molecule has 0 aliphatic rings. The SMILES string of the molecule is COCC(C)OC(CBr)c1ccc(C)cc1. The van der Waals surface area contributed by atoms with E-state index in [0.717, 1.165) is 5.33 Å². The molecule has 0 fully saturated rings. The second-order valence-electron chi connectivity index (χ2n) is 3.96. The molecule has 0 heterocycles. The Hall–Kier alpha value is -0.380. The molecular formula is C13H19BrO2. The van der Waals surface area contributed by atoms with Crippen LogP contribution in [0.5, 0.6) is 0 Å². The highest BCUT2D eigenvalue weighted by molar-refractivity contribution is 9.09. The lowest BCUT2D eigenvalue weighted by Crippen LogP contribution is -2.19. The van der Waals surface area contributed by atoms with Crippen molar-refractivity contribution in [2.24, 2.45) is 0 Å². The minimum atomic E-state index is 0.0887. The van der Waals surface area contributed by atoms with Gasteiger partial charge in [0.05, 0.1) is 18.8 Å². The molecule has 0 spiro atoms. The highest BCUT2D eigenvalue weighted by atomic mass is 79.9. The van der Waals surface area contributed by atoms with Crippen LogP contribution in [0, 0.1) is 6.92 Å². The molecule has 0 saturated carbocycles. The van der Waals surface area contributed by atoms with Crippen LogP contribution in [0.15, 0.2) is 24.3 Å². The number of aryl methyl sites for hydroxylation is 1. The van der Waals surface area contributed by atoms with Crippen molar-refractivity contribution in [3.05, 3.63) is 35.4 Å². The summed E-state index contributed by atoms with van der Waals surface area (Å²) in [7, 11) is 1.69. The second-order valence-corrected chi connectivity index (χ2v) is 4.60. The Kier molecular flexibility index (Phi) is 6.03. The third kappa shape index (κ3) is 4.24. The molecule has 0 bridgehead atoms.